The van der Waals surface area contributed by atoms with Gasteiger partial charge in [-0.05, 0) is 11.1 Å². The van der Waals surface area contributed by atoms with Gasteiger partial charge in [0.25, 0.3) is 0 Å². The summed E-state index contributed by atoms with van der Waals surface area (Å²) < 4.78 is 18.6. The number of alkyl halides is 1. The van der Waals surface area contributed by atoms with Crippen LogP contribution in [0.4, 0.5) is 4.39 Å². The molecule has 0 saturated heterocycles. The van der Waals surface area contributed by atoms with E-state index < -0.39 is 17.7 Å². The second-order valence-electron chi connectivity index (χ2n) is 3.77. The summed E-state index contributed by atoms with van der Waals surface area (Å²) in [5, 5.41) is 18.7. The van der Waals surface area contributed by atoms with Crippen molar-refractivity contribution in [3.63, 3.8) is 0 Å². The standard InChI is InChI=1S/C11H11FO4/c12-9(10(13)14)11(15)6-16-5-7-3-1-2-4-8(7)11/h1-4,9,15H,5-6H2,(H,13,14). The summed E-state index contributed by atoms with van der Waals surface area (Å²) >= 11 is 0. The lowest BCUT2D eigenvalue weighted by Crippen LogP contribution is -2.48. The van der Waals surface area contributed by atoms with Crippen molar-refractivity contribution >= 4 is 5.97 Å². The summed E-state index contributed by atoms with van der Waals surface area (Å²) in [6.45, 7) is -0.0949. The SMILES string of the molecule is O=C(O)C(F)C1(O)COCc2ccccc21. The van der Waals surface area contributed by atoms with Gasteiger partial charge in [-0.1, -0.05) is 24.3 Å². The lowest BCUT2D eigenvalue weighted by atomic mass is 9.85. The maximum absolute atomic E-state index is 13.5. The first-order valence-corrected chi connectivity index (χ1v) is 4.81. The number of hydrogen-bond acceptors (Lipinski definition) is 3. The molecule has 86 valence electrons. The molecule has 0 radical (unpaired) electrons. The zero-order valence-corrected chi connectivity index (χ0v) is 8.39. The van der Waals surface area contributed by atoms with Gasteiger partial charge in [-0.25, -0.2) is 9.18 Å². The molecule has 0 aliphatic carbocycles. The van der Waals surface area contributed by atoms with Crippen LogP contribution in [-0.4, -0.2) is 29.0 Å². The zero-order chi connectivity index (χ0) is 11.8. The number of rotatable bonds is 2. The first kappa shape index (κ1) is 11.0. The van der Waals surface area contributed by atoms with Gasteiger partial charge in [-0.3, -0.25) is 0 Å². The average Bonchev–Trinajstić information content (AvgIpc) is 2.28. The van der Waals surface area contributed by atoms with Crippen LogP contribution in [0.5, 0.6) is 0 Å². The van der Waals surface area contributed by atoms with E-state index in [0.29, 0.717) is 5.56 Å². The predicted octanol–water partition coefficient (Wildman–Crippen LogP) is 0.827. The summed E-state index contributed by atoms with van der Waals surface area (Å²) in [7, 11) is 0. The van der Waals surface area contributed by atoms with Crippen LogP contribution >= 0.6 is 0 Å². The van der Waals surface area contributed by atoms with Gasteiger partial charge >= 0.3 is 5.97 Å². The fourth-order valence-corrected chi connectivity index (χ4v) is 1.88. The van der Waals surface area contributed by atoms with Crippen molar-refractivity contribution in [3.05, 3.63) is 35.4 Å². The third-order valence-corrected chi connectivity index (χ3v) is 2.70. The number of carboxylic acid groups (broad SMARTS) is 1. The highest BCUT2D eigenvalue weighted by molar-refractivity contribution is 5.74. The molecule has 1 aromatic carbocycles. The topological polar surface area (TPSA) is 66.8 Å². The molecule has 0 amide bonds. The molecule has 0 saturated carbocycles. The third-order valence-electron chi connectivity index (χ3n) is 2.70. The van der Waals surface area contributed by atoms with E-state index in [9.17, 15) is 14.3 Å². The first-order chi connectivity index (χ1) is 7.55. The van der Waals surface area contributed by atoms with Crippen LogP contribution in [0.2, 0.25) is 0 Å². The van der Waals surface area contributed by atoms with Gasteiger partial charge in [-0.15, -0.1) is 0 Å². The smallest absolute Gasteiger partial charge is 0.341 e. The number of aliphatic carboxylic acids is 1. The molecule has 2 unspecified atom stereocenters. The highest BCUT2D eigenvalue weighted by Crippen LogP contribution is 2.34. The Morgan fingerprint density at radius 1 is 1.50 bits per heavy atom. The molecule has 0 fully saturated rings. The van der Waals surface area contributed by atoms with E-state index in [4.69, 9.17) is 9.84 Å². The van der Waals surface area contributed by atoms with Crippen molar-refractivity contribution < 1.29 is 24.1 Å². The van der Waals surface area contributed by atoms with Crippen LogP contribution in [0, 0.1) is 0 Å². The monoisotopic (exact) mass is 226 g/mol. The highest BCUT2D eigenvalue weighted by atomic mass is 19.1. The maximum atomic E-state index is 13.5. The molecular formula is C11H11FO4. The summed E-state index contributed by atoms with van der Waals surface area (Å²) in [5.74, 6) is -1.69. The summed E-state index contributed by atoms with van der Waals surface area (Å²) in [4.78, 5) is 10.6. The Morgan fingerprint density at radius 2 is 2.19 bits per heavy atom. The second-order valence-corrected chi connectivity index (χ2v) is 3.77. The van der Waals surface area contributed by atoms with E-state index in [1.807, 2.05) is 0 Å². The molecule has 0 spiro atoms. The number of ether oxygens (including phenoxy) is 1. The van der Waals surface area contributed by atoms with Crippen molar-refractivity contribution in [1.82, 2.24) is 0 Å². The van der Waals surface area contributed by atoms with Gasteiger partial charge in [0.1, 0.15) is 0 Å². The minimum atomic E-state index is -2.39. The molecule has 1 aromatic rings. The lowest BCUT2D eigenvalue weighted by molar-refractivity contribution is -0.166. The highest BCUT2D eigenvalue weighted by Gasteiger charge is 2.47. The number of fused-ring (bicyclic) bond motifs is 1. The molecule has 4 nitrogen and oxygen atoms in total. The van der Waals surface area contributed by atoms with E-state index >= 15 is 0 Å². The van der Waals surface area contributed by atoms with Crippen molar-refractivity contribution in [1.29, 1.82) is 0 Å². The molecule has 2 N–H and O–H groups in total. The van der Waals surface area contributed by atoms with Crippen LogP contribution in [0.25, 0.3) is 0 Å². The Kier molecular flexibility index (Phi) is 2.65. The summed E-state index contributed by atoms with van der Waals surface area (Å²) in [6.07, 6.45) is -2.39. The average molecular weight is 226 g/mol. The molecule has 16 heavy (non-hydrogen) atoms. The van der Waals surface area contributed by atoms with Gasteiger partial charge in [-0.2, -0.15) is 0 Å². The minimum Gasteiger partial charge on any atom is -0.479 e. The normalized spacial score (nSPS) is 25.9. The maximum Gasteiger partial charge on any atom is 0.341 e. The van der Waals surface area contributed by atoms with Crippen LogP contribution in [0.15, 0.2) is 24.3 Å². The van der Waals surface area contributed by atoms with Gasteiger partial charge in [0.05, 0.1) is 13.2 Å². The fourth-order valence-electron chi connectivity index (χ4n) is 1.88. The van der Waals surface area contributed by atoms with Crippen LogP contribution in [-0.2, 0) is 21.7 Å². The quantitative estimate of drug-likeness (QED) is 0.783. The second kappa shape index (κ2) is 3.84. The summed E-state index contributed by atoms with van der Waals surface area (Å²) in [6, 6.07) is 6.55. The molecule has 1 aliphatic heterocycles. The van der Waals surface area contributed by atoms with Crippen molar-refractivity contribution in [2.24, 2.45) is 0 Å². The molecule has 1 aliphatic rings. The Morgan fingerprint density at radius 3 is 2.88 bits per heavy atom. The van der Waals surface area contributed by atoms with Gasteiger partial charge < -0.3 is 14.9 Å². The number of carboxylic acids is 1. The zero-order valence-electron chi connectivity index (χ0n) is 8.39. The van der Waals surface area contributed by atoms with Crippen LogP contribution in [0.1, 0.15) is 11.1 Å². The number of hydrogen-bond donors (Lipinski definition) is 2. The molecule has 1 heterocycles. The van der Waals surface area contributed by atoms with E-state index in [2.05, 4.69) is 0 Å². The van der Waals surface area contributed by atoms with E-state index in [1.54, 1.807) is 18.2 Å². The molecule has 0 aromatic heterocycles. The summed E-state index contributed by atoms with van der Waals surface area (Å²) in [5.41, 5.74) is -1.20. The van der Waals surface area contributed by atoms with E-state index in [-0.39, 0.29) is 18.8 Å². The Labute approximate surface area is 91.3 Å². The molecule has 2 rings (SSSR count). The predicted molar refractivity (Wildman–Crippen MR) is 52.5 cm³/mol. The number of aliphatic hydroxyl groups is 1. The Hall–Kier alpha value is -1.46. The van der Waals surface area contributed by atoms with Gasteiger partial charge in [0.2, 0.25) is 6.17 Å². The fraction of sp³-hybridized carbons (Fsp3) is 0.364. The van der Waals surface area contributed by atoms with Gasteiger partial charge in [0.15, 0.2) is 5.60 Å². The van der Waals surface area contributed by atoms with Crippen molar-refractivity contribution in [3.8, 4) is 0 Å². The Balaban J connectivity index is 2.48. The minimum absolute atomic E-state index is 0.255. The van der Waals surface area contributed by atoms with Crippen LogP contribution in [0.3, 0.4) is 0 Å². The van der Waals surface area contributed by atoms with Crippen molar-refractivity contribution in [2.45, 2.75) is 18.4 Å². The first-order valence-electron chi connectivity index (χ1n) is 4.81. The Bertz CT molecular complexity index is 420. The van der Waals surface area contributed by atoms with Crippen molar-refractivity contribution in [2.75, 3.05) is 6.61 Å². The van der Waals surface area contributed by atoms with E-state index in [1.165, 1.54) is 6.07 Å². The third kappa shape index (κ3) is 1.58. The molecule has 5 heteroatoms. The molecular weight excluding hydrogens is 215 g/mol. The largest absolute Gasteiger partial charge is 0.479 e. The van der Waals surface area contributed by atoms with Gasteiger partial charge in [0, 0.05) is 0 Å². The lowest BCUT2D eigenvalue weighted by Gasteiger charge is -2.34. The molecule has 0 bridgehead atoms. The van der Waals surface area contributed by atoms with E-state index in [0.717, 1.165) is 0 Å². The number of carbonyl (C=O) groups is 1. The number of halogens is 1. The van der Waals surface area contributed by atoms with Crippen LogP contribution < -0.4 is 0 Å². The molecule has 2 atom stereocenters. The number of benzene rings is 1.